The molecule has 27 heavy (non-hydrogen) atoms. The van der Waals surface area contributed by atoms with Crippen molar-refractivity contribution in [1.82, 2.24) is 10.2 Å². The van der Waals surface area contributed by atoms with Crippen LogP contribution in [0.1, 0.15) is 36.7 Å². The Hall–Kier alpha value is -2.53. The van der Waals surface area contributed by atoms with Gasteiger partial charge in [0.15, 0.2) is 11.5 Å². The molecule has 0 unspecified atom stereocenters. The highest BCUT2D eigenvalue weighted by atomic mass is 16.5. The predicted octanol–water partition coefficient (Wildman–Crippen LogP) is 3.73. The van der Waals surface area contributed by atoms with E-state index in [0.29, 0.717) is 36.3 Å². The minimum absolute atomic E-state index is 0.109. The van der Waals surface area contributed by atoms with E-state index in [1.54, 1.807) is 25.3 Å². The highest BCUT2D eigenvalue weighted by Gasteiger charge is 2.12. The van der Waals surface area contributed by atoms with Crippen molar-refractivity contribution in [3.8, 4) is 11.5 Å². The smallest absolute Gasteiger partial charge is 0.251 e. The first-order chi connectivity index (χ1) is 13.0. The molecule has 1 N–H and O–H groups in total. The number of carbonyl (C=O) groups excluding carboxylic acids is 1. The van der Waals surface area contributed by atoms with E-state index >= 15 is 0 Å². The molecule has 0 saturated heterocycles. The normalized spacial score (nSPS) is 10.9. The van der Waals surface area contributed by atoms with Crippen LogP contribution in [0, 0.1) is 0 Å². The minimum atomic E-state index is -0.109. The van der Waals surface area contributed by atoms with Gasteiger partial charge in [0.25, 0.3) is 5.91 Å². The Labute approximate surface area is 162 Å². The van der Waals surface area contributed by atoms with Crippen molar-refractivity contribution in [2.75, 3.05) is 26.7 Å². The van der Waals surface area contributed by atoms with Gasteiger partial charge in [-0.25, -0.2) is 0 Å². The van der Waals surface area contributed by atoms with Crippen LogP contribution in [0.2, 0.25) is 0 Å². The molecule has 0 heterocycles. The Morgan fingerprint density at radius 3 is 2.48 bits per heavy atom. The van der Waals surface area contributed by atoms with Gasteiger partial charge >= 0.3 is 0 Å². The SMILES string of the molecule is CCN(CCNC(=O)c1ccc(OCc2ccccc2)c(OC)c1)C(C)C. The Morgan fingerprint density at radius 2 is 1.85 bits per heavy atom. The molecule has 0 aliphatic heterocycles. The first kappa shape index (κ1) is 20.8. The summed E-state index contributed by atoms with van der Waals surface area (Å²) >= 11 is 0. The Bertz CT molecular complexity index is 717. The van der Waals surface area contributed by atoms with Crippen molar-refractivity contribution in [1.29, 1.82) is 0 Å². The van der Waals surface area contributed by atoms with Crippen LogP contribution >= 0.6 is 0 Å². The Balaban J connectivity index is 1.94. The van der Waals surface area contributed by atoms with Gasteiger partial charge in [0.2, 0.25) is 0 Å². The predicted molar refractivity (Wildman–Crippen MR) is 108 cm³/mol. The van der Waals surface area contributed by atoms with Gasteiger partial charge in [0.1, 0.15) is 6.61 Å². The molecular weight excluding hydrogens is 340 g/mol. The Kier molecular flexibility index (Phi) is 8.14. The van der Waals surface area contributed by atoms with Crippen molar-refractivity contribution in [3.63, 3.8) is 0 Å². The number of hydrogen-bond donors (Lipinski definition) is 1. The van der Waals surface area contributed by atoms with Crippen LogP contribution in [0.3, 0.4) is 0 Å². The van der Waals surface area contributed by atoms with Crippen LogP contribution in [0.5, 0.6) is 11.5 Å². The standard InChI is InChI=1S/C22H30N2O3/c1-5-24(17(2)3)14-13-23-22(25)19-11-12-20(21(15-19)26-4)27-16-18-9-7-6-8-10-18/h6-12,15,17H,5,13-14,16H2,1-4H3,(H,23,25). The van der Waals surface area contributed by atoms with Gasteiger partial charge in [-0.05, 0) is 44.2 Å². The first-order valence-corrected chi connectivity index (χ1v) is 9.42. The van der Waals surface area contributed by atoms with Crippen molar-refractivity contribution >= 4 is 5.91 Å². The molecule has 5 heteroatoms. The van der Waals surface area contributed by atoms with E-state index in [9.17, 15) is 4.79 Å². The van der Waals surface area contributed by atoms with Crippen LogP contribution in [0.25, 0.3) is 0 Å². The molecule has 0 saturated carbocycles. The summed E-state index contributed by atoms with van der Waals surface area (Å²) in [5.41, 5.74) is 1.64. The lowest BCUT2D eigenvalue weighted by molar-refractivity contribution is 0.0945. The fourth-order valence-electron chi connectivity index (χ4n) is 2.86. The van der Waals surface area contributed by atoms with Gasteiger partial charge in [0.05, 0.1) is 7.11 Å². The van der Waals surface area contributed by atoms with Gasteiger partial charge in [0, 0.05) is 24.7 Å². The summed E-state index contributed by atoms with van der Waals surface area (Å²) in [5, 5.41) is 2.97. The average molecular weight is 370 g/mol. The molecule has 0 radical (unpaired) electrons. The fourth-order valence-corrected chi connectivity index (χ4v) is 2.86. The summed E-state index contributed by atoms with van der Waals surface area (Å²) in [6.07, 6.45) is 0. The van der Waals surface area contributed by atoms with Crippen molar-refractivity contribution in [2.45, 2.75) is 33.4 Å². The number of hydrogen-bond acceptors (Lipinski definition) is 4. The summed E-state index contributed by atoms with van der Waals surface area (Å²) in [4.78, 5) is 14.7. The molecule has 2 aromatic rings. The number of methoxy groups -OCH3 is 1. The van der Waals surface area contributed by atoms with E-state index < -0.39 is 0 Å². The number of likely N-dealkylation sites (N-methyl/N-ethyl adjacent to an activating group) is 1. The van der Waals surface area contributed by atoms with Gasteiger partial charge in [-0.1, -0.05) is 37.3 Å². The zero-order chi connectivity index (χ0) is 19.6. The van der Waals surface area contributed by atoms with Crippen molar-refractivity contribution in [2.24, 2.45) is 0 Å². The van der Waals surface area contributed by atoms with E-state index in [-0.39, 0.29) is 5.91 Å². The molecule has 146 valence electrons. The third kappa shape index (κ3) is 6.29. The second kappa shape index (κ2) is 10.6. The van der Waals surface area contributed by atoms with Crippen LogP contribution in [0.15, 0.2) is 48.5 Å². The highest BCUT2D eigenvalue weighted by Crippen LogP contribution is 2.28. The Morgan fingerprint density at radius 1 is 1.11 bits per heavy atom. The average Bonchev–Trinajstić information content (AvgIpc) is 2.69. The maximum atomic E-state index is 12.4. The van der Waals surface area contributed by atoms with Gasteiger partial charge in [-0.2, -0.15) is 0 Å². The molecule has 5 nitrogen and oxygen atoms in total. The van der Waals surface area contributed by atoms with E-state index in [1.165, 1.54) is 0 Å². The molecule has 0 atom stereocenters. The highest BCUT2D eigenvalue weighted by molar-refractivity contribution is 5.94. The third-order valence-electron chi connectivity index (χ3n) is 4.48. The summed E-state index contributed by atoms with van der Waals surface area (Å²) in [5.74, 6) is 1.06. The first-order valence-electron chi connectivity index (χ1n) is 9.42. The number of nitrogens with one attached hydrogen (secondary N) is 1. The molecule has 0 spiro atoms. The van der Waals surface area contributed by atoms with Crippen LogP contribution in [-0.2, 0) is 6.61 Å². The second-order valence-corrected chi connectivity index (χ2v) is 6.62. The zero-order valence-corrected chi connectivity index (χ0v) is 16.7. The lowest BCUT2D eigenvalue weighted by atomic mass is 10.2. The number of rotatable bonds is 10. The summed E-state index contributed by atoms with van der Waals surface area (Å²) < 4.78 is 11.2. The third-order valence-corrected chi connectivity index (χ3v) is 4.48. The second-order valence-electron chi connectivity index (χ2n) is 6.62. The molecule has 2 rings (SSSR count). The topological polar surface area (TPSA) is 50.8 Å². The van der Waals surface area contributed by atoms with E-state index in [4.69, 9.17) is 9.47 Å². The molecule has 1 amide bonds. The van der Waals surface area contributed by atoms with Gasteiger partial charge in [-0.3, -0.25) is 9.69 Å². The quantitative estimate of drug-likeness (QED) is 0.692. The number of nitrogens with zero attached hydrogens (tertiary/aromatic N) is 1. The summed E-state index contributed by atoms with van der Waals surface area (Å²) in [7, 11) is 1.58. The number of amides is 1. The van der Waals surface area contributed by atoms with Crippen LogP contribution < -0.4 is 14.8 Å². The lowest BCUT2D eigenvalue weighted by Crippen LogP contribution is -2.38. The van der Waals surface area contributed by atoms with Gasteiger partial charge in [-0.15, -0.1) is 0 Å². The van der Waals surface area contributed by atoms with Gasteiger partial charge < -0.3 is 14.8 Å². The molecule has 0 aromatic heterocycles. The molecule has 0 aliphatic rings. The largest absolute Gasteiger partial charge is 0.493 e. The maximum absolute atomic E-state index is 12.4. The zero-order valence-electron chi connectivity index (χ0n) is 16.7. The number of ether oxygens (including phenoxy) is 2. The molecule has 0 fully saturated rings. The van der Waals surface area contributed by atoms with Crippen LogP contribution in [-0.4, -0.2) is 43.6 Å². The van der Waals surface area contributed by atoms with E-state index in [0.717, 1.165) is 18.7 Å². The molecular formula is C22H30N2O3. The summed E-state index contributed by atoms with van der Waals surface area (Å²) in [6, 6.07) is 15.7. The molecule has 2 aromatic carbocycles. The summed E-state index contributed by atoms with van der Waals surface area (Å²) in [6.45, 7) is 9.30. The van der Waals surface area contributed by atoms with Crippen molar-refractivity contribution < 1.29 is 14.3 Å². The minimum Gasteiger partial charge on any atom is -0.493 e. The fraction of sp³-hybridized carbons (Fsp3) is 0.409. The molecule has 0 bridgehead atoms. The number of benzene rings is 2. The maximum Gasteiger partial charge on any atom is 0.251 e. The lowest BCUT2D eigenvalue weighted by Gasteiger charge is -2.24. The number of carbonyl (C=O) groups is 1. The van der Waals surface area contributed by atoms with E-state index in [1.807, 2.05) is 30.3 Å². The van der Waals surface area contributed by atoms with E-state index in [2.05, 4.69) is 31.0 Å². The monoisotopic (exact) mass is 370 g/mol. The van der Waals surface area contributed by atoms with Crippen LogP contribution in [0.4, 0.5) is 0 Å². The molecule has 0 aliphatic carbocycles. The van der Waals surface area contributed by atoms with Crippen molar-refractivity contribution in [3.05, 3.63) is 59.7 Å².